The van der Waals surface area contributed by atoms with Gasteiger partial charge in [0.1, 0.15) is 17.0 Å². The zero-order valence-electron chi connectivity index (χ0n) is 18.3. The molecule has 4 nitrogen and oxygen atoms in total. The fourth-order valence-electron chi connectivity index (χ4n) is 3.95. The lowest BCUT2D eigenvalue weighted by molar-refractivity contribution is 0.669. The summed E-state index contributed by atoms with van der Waals surface area (Å²) in [5, 5.41) is 1.38. The van der Waals surface area contributed by atoms with Crippen molar-refractivity contribution in [2.75, 3.05) is 0 Å². The third kappa shape index (κ3) is 2.32. The molecular formula is C25H17N3O. The van der Waals surface area contributed by atoms with Crippen LogP contribution in [0.1, 0.15) is 9.68 Å². The monoisotopic (exact) mass is 378 g/mol. The number of rotatable bonds is 2. The van der Waals surface area contributed by atoms with E-state index in [4.69, 9.17) is 13.5 Å². The van der Waals surface area contributed by atoms with Crippen LogP contribution in [0.5, 0.6) is 0 Å². The predicted octanol–water partition coefficient (Wildman–Crippen LogP) is 6.30. The number of para-hydroxylation sites is 2. The van der Waals surface area contributed by atoms with E-state index in [0.717, 1.165) is 27.7 Å². The van der Waals surface area contributed by atoms with Gasteiger partial charge >= 0.3 is 0 Å². The third-order valence-corrected chi connectivity index (χ3v) is 5.24. The molecule has 4 heteroatoms. The highest BCUT2D eigenvalue weighted by molar-refractivity contribution is 6.11. The minimum absolute atomic E-state index is 0.269. The van der Waals surface area contributed by atoms with Crippen molar-refractivity contribution in [3.63, 3.8) is 0 Å². The lowest BCUT2D eigenvalue weighted by atomic mass is 10.0. The number of aromatic nitrogens is 3. The number of aryl methyl sites for hydroxylation is 1. The topological polar surface area (TPSA) is 43.9 Å². The summed E-state index contributed by atoms with van der Waals surface area (Å²) in [5.41, 5.74) is 4.74. The van der Waals surface area contributed by atoms with Gasteiger partial charge in [0.2, 0.25) is 0 Å². The van der Waals surface area contributed by atoms with Crippen molar-refractivity contribution in [2.45, 2.75) is 6.85 Å². The zero-order chi connectivity index (χ0) is 21.9. The van der Waals surface area contributed by atoms with Crippen molar-refractivity contribution in [2.24, 2.45) is 0 Å². The molecule has 0 spiro atoms. The molecule has 0 atom stereocenters. The van der Waals surface area contributed by atoms with Gasteiger partial charge in [0.25, 0.3) is 0 Å². The summed E-state index contributed by atoms with van der Waals surface area (Å²) in [6.45, 7) is -2.27. The second-order valence-corrected chi connectivity index (χ2v) is 6.93. The molecule has 6 rings (SSSR count). The fourth-order valence-corrected chi connectivity index (χ4v) is 3.95. The number of furan rings is 1. The van der Waals surface area contributed by atoms with Crippen molar-refractivity contribution in [3.05, 3.63) is 90.8 Å². The van der Waals surface area contributed by atoms with Crippen LogP contribution in [0.3, 0.4) is 0 Å². The highest BCUT2D eigenvalue weighted by atomic mass is 16.3. The average Bonchev–Trinajstić information content (AvgIpc) is 3.37. The number of hydrogen-bond donors (Lipinski definition) is 0. The predicted molar refractivity (Wildman–Crippen MR) is 116 cm³/mol. The van der Waals surface area contributed by atoms with Crippen LogP contribution < -0.4 is 0 Å². The molecule has 138 valence electrons. The first kappa shape index (κ1) is 13.3. The van der Waals surface area contributed by atoms with Crippen molar-refractivity contribution in [3.8, 4) is 17.1 Å². The molecule has 6 aromatic rings. The van der Waals surface area contributed by atoms with E-state index in [9.17, 15) is 0 Å². The molecule has 0 bridgehead atoms. The van der Waals surface area contributed by atoms with E-state index in [-0.39, 0.29) is 5.56 Å². The highest BCUT2D eigenvalue weighted by Crippen LogP contribution is 2.39. The Bertz CT molecular complexity index is 1610. The molecule has 0 saturated heterocycles. The van der Waals surface area contributed by atoms with E-state index >= 15 is 0 Å². The molecule has 0 aliphatic heterocycles. The molecule has 0 radical (unpaired) electrons. The van der Waals surface area contributed by atoms with Crippen molar-refractivity contribution >= 4 is 33.0 Å². The maximum atomic E-state index is 8.07. The summed E-state index contributed by atoms with van der Waals surface area (Å²) in [5.74, 6) is 0.667. The van der Waals surface area contributed by atoms with Crippen LogP contribution in [-0.4, -0.2) is 14.5 Å². The Morgan fingerprint density at radius 3 is 2.69 bits per heavy atom. The number of imidazole rings is 1. The third-order valence-electron chi connectivity index (χ3n) is 5.24. The van der Waals surface area contributed by atoms with E-state index in [1.165, 1.54) is 0 Å². The largest absolute Gasteiger partial charge is 0.455 e. The Balaban J connectivity index is 1.76. The molecule has 3 aromatic heterocycles. The Labute approximate surface area is 171 Å². The fraction of sp³-hybridized carbons (Fsp3) is 0.0400. The Kier molecular flexibility index (Phi) is 2.77. The van der Waals surface area contributed by atoms with E-state index in [1.807, 2.05) is 65.2 Å². The number of hydrogen-bond acceptors (Lipinski definition) is 3. The van der Waals surface area contributed by atoms with Crippen LogP contribution in [-0.2, 0) is 0 Å². The summed E-state index contributed by atoms with van der Waals surface area (Å²) in [7, 11) is 0. The Morgan fingerprint density at radius 2 is 1.79 bits per heavy atom. The first-order chi connectivity index (χ1) is 15.5. The van der Waals surface area contributed by atoms with Crippen molar-refractivity contribution in [1.82, 2.24) is 14.5 Å². The van der Waals surface area contributed by atoms with Crippen LogP contribution >= 0.6 is 0 Å². The number of pyridine rings is 1. The van der Waals surface area contributed by atoms with Gasteiger partial charge < -0.3 is 4.42 Å². The summed E-state index contributed by atoms with van der Waals surface area (Å²) < 4.78 is 32.5. The van der Waals surface area contributed by atoms with Crippen LogP contribution in [0.25, 0.3) is 50.0 Å². The van der Waals surface area contributed by atoms with E-state index < -0.39 is 6.85 Å². The van der Waals surface area contributed by atoms with E-state index in [1.54, 1.807) is 24.5 Å². The molecule has 0 aliphatic carbocycles. The van der Waals surface area contributed by atoms with Crippen molar-refractivity contribution < 1.29 is 8.53 Å². The summed E-state index contributed by atoms with van der Waals surface area (Å²) >= 11 is 0. The quantitative estimate of drug-likeness (QED) is 0.355. The van der Waals surface area contributed by atoms with Crippen molar-refractivity contribution in [1.29, 1.82) is 0 Å². The van der Waals surface area contributed by atoms with Gasteiger partial charge in [-0.25, -0.2) is 4.98 Å². The minimum atomic E-state index is -2.27. The first-order valence-electron chi connectivity index (χ1n) is 10.9. The number of benzene rings is 3. The smallest absolute Gasteiger partial charge is 0.149 e. The van der Waals surface area contributed by atoms with Crippen LogP contribution in [0, 0.1) is 6.85 Å². The molecule has 0 unspecified atom stereocenters. The highest BCUT2D eigenvalue weighted by Gasteiger charge is 2.20. The molecule has 3 heterocycles. The van der Waals surface area contributed by atoms with Gasteiger partial charge in [-0.05, 0) is 42.7 Å². The van der Waals surface area contributed by atoms with Gasteiger partial charge in [-0.15, -0.1) is 0 Å². The van der Waals surface area contributed by atoms with Gasteiger partial charge in [0, 0.05) is 26.8 Å². The van der Waals surface area contributed by atoms with E-state index in [2.05, 4.69) is 4.98 Å². The molecule has 3 aromatic carbocycles. The van der Waals surface area contributed by atoms with Gasteiger partial charge in [0.05, 0.1) is 22.8 Å². The number of nitrogens with zero attached hydrogens (tertiary/aromatic N) is 3. The summed E-state index contributed by atoms with van der Waals surface area (Å²) in [4.78, 5) is 9.18. The maximum Gasteiger partial charge on any atom is 0.149 e. The Morgan fingerprint density at radius 1 is 0.931 bits per heavy atom. The molecule has 0 saturated carbocycles. The van der Waals surface area contributed by atoms with Gasteiger partial charge in [0.15, 0.2) is 0 Å². The van der Waals surface area contributed by atoms with Gasteiger partial charge in [-0.2, -0.15) is 0 Å². The lowest BCUT2D eigenvalue weighted by Crippen LogP contribution is -1.98. The second-order valence-electron chi connectivity index (χ2n) is 6.93. The van der Waals surface area contributed by atoms with E-state index in [0.29, 0.717) is 22.4 Å². The standard InChI is InChI=1S/C25H17N3O/c1-16-11-12-19(24-23(16)18-9-5-6-10-22(18)29-24)25-27-20-13-14-26-15-21(20)28(25)17-7-3-2-4-8-17/h2-15H,1H3/i1D3. The molecule has 0 N–H and O–H groups in total. The first-order valence-corrected chi connectivity index (χ1v) is 9.35. The molecular weight excluding hydrogens is 358 g/mol. The SMILES string of the molecule is [2H]C([2H])([2H])c1ccc(-c2nc3ccncc3n2-c2ccccc2)c2oc3ccccc3c12. The van der Waals surface area contributed by atoms with Crippen LogP contribution in [0.4, 0.5) is 0 Å². The minimum Gasteiger partial charge on any atom is -0.455 e. The molecule has 0 fully saturated rings. The van der Waals surface area contributed by atoms with Crippen LogP contribution in [0.2, 0.25) is 0 Å². The normalized spacial score (nSPS) is 13.6. The van der Waals surface area contributed by atoms with Crippen LogP contribution in [0.15, 0.2) is 89.6 Å². The molecule has 0 aliphatic rings. The van der Waals surface area contributed by atoms with Gasteiger partial charge in [-0.1, -0.05) is 42.5 Å². The summed E-state index contributed by atoms with van der Waals surface area (Å²) in [6, 6.07) is 22.7. The molecule has 29 heavy (non-hydrogen) atoms. The second kappa shape index (κ2) is 6.04. The lowest BCUT2D eigenvalue weighted by Gasteiger charge is -2.10. The maximum absolute atomic E-state index is 8.07. The number of fused-ring (bicyclic) bond motifs is 4. The Hall–Kier alpha value is -3.92. The molecule has 0 amide bonds. The van der Waals surface area contributed by atoms with Gasteiger partial charge in [-0.3, -0.25) is 9.55 Å². The zero-order valence-corrected chi connectivity index (χ0v) is 15.3. The summed E-state index contributed by atoms with van der Waals surface area (Å²) in [6.07, 6.45) is 3.49. The average molecular weight is 378 g/mol.